The van der Waals surface area contributed by atoms with Gasteiger partial charge in [-0.3, -0.25) is 4.79 Å². The van der Waals surface area contributed by atoms with Crippen LogP contribution >= 0.6 is 0 Å². The third-order valence-electron chi connectivity index (χ3n) is 4.73. The minimum Gasteiger partial charge on any atom is -0.481 e. The van der Waals surface area contributed by atoms with Gasteiger partial charge in [0.1, 0.15) is 0 Å². The molecule has 2 rings (SSSR count). The smallest absolute Gasteiger partial charge is 0.410 e. The summed E-state index contributed by atoms with van der Waals surface area (Å²) in [5.41, 5.74) is 0.391. The fourth-order valence-corrected chi connectivity index (χ4v) is 3.03. The van der Waals surface area contributed by atoms with Crippen LogP contribution in [0.1, 0.15) is 49.9 Å². The molecule has 0 aromatic heterocycles. The molecule has 148 valence electrons. The van der Waals surface area contributed by atoms with E-state index in [9.17, 15) is 14.4 Å². The third-order valence-corrected chi connectivity index (χ3v) is 4.73. The number of esters is 1. The summed E-state index contributed by atoms with van der Waals surface area (Å²) in [6.45, 7) is 4.01. The van der Waals surface area contributed by atoms with E-state index in [4.69, 9.17) is 14.6 Å². The molecule has 1 atom stereocenters. The van der Waals surface area contributed by atoms with E-state index in [1.807, 2.05) is 0 Å². The predicted molar refractivity (Wildman–Crippen MR) is 98.1 cm³/mol. The fraction of sp³-hybridized carbons (Fsp3) is 0.550. The second kappa shape index (κ2) is 9.94. The van der Waals surface area contributed by atoms with Crippen molar-refractivity contribution in [1.29, 1.82) is 0 Å². The molecule has 1 fully saturated rings. The number of hydrogen-bond acceptors (Lipinski definition) is 5. The van der Waals surface area contributed by atoms with Crippen LogP contribution in [0.2, 0.25) is 0 Å². The Hall–Kier alpha value is -2.57. The number of hydrogen-bond donors (Lipinski definition) is 2. The first-order valence-electron chi connectivity index (χ1n) is 9.30. The number of ether oxygens (including phenoxy) is 2. The largest absolute Gasteiger partial charge is 0.481 e. The molecule has 1 unspecified atom stereocenters. The van der Waals surface area contributed by atoms with Crippen molar-refractivity contribution in [3.05, 3.63) is 35.9 Å². The van der Waals surface area contributed by atoms with Crippen molar-refractivity contribution in [2.24, 2.45) is 17.8 Å². The number of rotatable bonds is 7. The number of amides is 1. The highest BCUT2D eigenvalue weighted by atomic mass is 16.7. The number of alkyl carbamates (subject to hydrolysis) is 1. The van der Waals surface area contributed by atoms with E-state index in [0.29, 0.717) is 24.9 Å². The van der Waals surface area contributed by atoms with Crippen LogP contribution in [0.3, 0.4) is 0 Å². The van der Waals surface area contributed by atoms with Crippen molar-refractivity contribution < 1.29 is 29.0 Å². The topological polar surface area (TPSA) is 102 Å². The van der Waals surface area contributed by atoms with Gasteiger partial charge in [-0.25, -0.2) is 9.59 Å². The first-order valence-corrected chi connectivity index (χ1v) is 9.30. The van der Waals surface area contributed by atoms with Gasteiger partial charge in [0.15, 0.2) is 0 Å². The summed E-state index contributed by atoms with van der Waals surface area (Å²) < 4.78 is 10.6. The Morgan fingerprint density at radius 3 is 2.26 bits per heavy atom. The average molecular weight is 377 g/mol. The Morgan fingerprint density at radius 1 is 1.07 bits per heavy atom. The molecule has 1 aliphatic rings. The molecule has 7 nitrogen and oxygen atoms in total. The van der Waals surface area contributed by atoms with Crippen LogP contribution in [0, 0.1) is 17.8 Å². The highest BCUT2D eigenvalue weighted by Gasteiger charge is 2.27. The van der Waals surface area contributed by atoms with Crippen molar-refractivity contribution in [2.75, 3.05) is 6.54 Å². The van der Waals surface area contributed by atoms with E-state index in [1.165, 1.54) is 0 Å². The molecule has 1 aromatic carbocycles. The van der Waals surface area contributed by atoms with Crippen LogP contribution in [0.4, 0.5) is 4.79 Å². The van der Waals surface area contributed by atoms with Gasteiger partial charge in [-0.05, 0) is 43.7 Å². The number of aliphatic carboxylic acids is 1. The van der Waals surface area contributed by atoms with Gasteiger partial charge in [0, 0.05) is 12.5 Å². The summed E-state index contributed by atoms with van der Waals surface area (Å²) in [6.07, 6.45) is 1.14. The van der Waals surface area contributed by atoms with E-state index >= 15 is 0 Å². The number of carboxylic acids is 1. The highest BCUT2D eigenvalue weighted by Crippen LogP contribution is 2.28. The lowest BCUT2D eigenvalue weighted by Crippen LogP contribution is -2.37. The first-order chi connectivity index (χ1) is 12.9. The number of carboxylic acid groups (broad SMARTS) is 1. The Labute approximate surface area is 159 Å². The van der Waals surface area contributed by atoms with Crippen LogP contribution in [0.25, 0.3) is 0 Å². The van der Waals surface area contributed by atoms with Gasteiger partial charge in [0.25, 0.3) is 6.29 Å². The zero-order valence-corrected chi connectivity index (χ0v) is 15.7. The Bertz CT molecular complexity index is 637. The Morgan fingerprint density at radius 2 is 1.70 bits per heavy atom. The van der Waals surface area contributed by atoms with Gasteiger partial charge in [0.2, 0.25) is 0 Å². The van der Waals surface area contributed by atoms with Gasteiger partial charge in [0.05, 0.1) is 11.5 Å². The molecule has 0 aliphatic heterocycles. The zero-order valence-electron chi connectivity index (χ0n) is 15.7. The zero-order chi connectivity index (χ0) is 19.8. The third kappa shape index (κ3) is 6.58. The van der Waals surface area contributed by atoms with Gasteiger partial charge >= 0.3 is 18.0 Å². The van der Waals surface area contributed by atoms with Crippen molar-refractivity contribution >= 4 is 18.0 Å². The molecule has 27 heavy (non-hydrogen) atoms. The van der Waals surface area contributed by atoms with E-state index in [-0.39, 0.29) is 17.8 Å². The van der Waals surface area contributed by atoms with Crippen LogP contribution in [0.5, 0.6) is 0 Å². The second-order valence-corrected chi connectivity index (χ2v) is 7.23. The Balaban J connectivity index is 1.78. The molecule has 0 spiro atoms. The maximum Gasteiger partial charge on any atom is 0.410 e. The Kier molecular flexibility index (Phi) is 7.64. The summed E-state index contributed by atoms with van der Waals surface area (Å²) >= 11 is 0. The fourth-order valence-electron chi connectivity index (χ4n) is 3.03. The second-order valence-electron chi connectivity index (χ2n) is 7.23. The summed E-state index contributed by atoms with van der Waals surface area (Å²) in [5, 5.41) is 11.7. The van der Waals surface area contributed by atoms with Crippen molar-refractivity contribution in [1.82, 2.24) is 5.32 Å². The highest BCUT2D eigenvalue weighted by molar-refractivity contribution is 5.89. The molecule has 7 heteroatoms. The SMILES string of the molecule is CC(C)C(OC(=O)NCC1CCC(C(=O)O)CC1)OC(=O)c1ccccc1. The summed E-state index contributed by atoms with van der Waals surface area (Å²) in [4.78, 5) is 35.2. The molecule has 1 aliphatic carbocycles. The van der Waals surface area contributed by atoms with Gasteiger partial charge < -0.3 is 19.9 Å². The van der Waals surface area contributed by atoms with E-state index in [1.54, 1.807) is 44.2 Å². The van der Waals surface area contributed by atoms with Crippen LogP contribution in [0.15, 0.2) is 30.3 Å². The van der Waals surface area contributed by atoms with Gasteiger partial charge in [-0.1, -0.05) is 32.0 Å². The average Bonchev–Trinajstić information content (AvgIpc) is 2.66. The van der Waals surface area contributed by atoms with Gasteiger partial charge in [-0.2, -0.15) is 0 Å². The normalized spacial score (nSPS) is 20.6. The van der Waals surface area contributed by atoms with Crippen molar-refractivity contribution in [3.8, 4) is 0 Å². The molecule has 0 radical (unpaired) electrons. The molecular formula is C20H27NO6. The van der Waals surface area contributed by atoms with Gasteiger partial charge in [-0.15, -0.1) is 0 Å². The number of carbonyl (C=O) groups excluding carboxylic acids is 2. The predicted octanol–water partition coefficient (Wildman–Crippen LogP) is 3.44. The molecule has 1 aromatic rings. The molecule has 1 amide bonds. The standard InChI is InChI=1S/C20H27NO6/c1-13(2)19(26-18(24)16-6-4-3-5-7-16)27-20(25)21-12-14-8-10-15(11-9-14)17(22)23/h3-7,13-15,19H,8-12H2,1-2H3,(H,21,25)(H,22,23). The number of carbonyl (C=O) groups is 3. The maximum absolute atomic E-state index is 12.2. The summed E-state index contributed by atoms with van der Waals surface area (Å²) in [6, 6.07) is 8.52. The van der Waals surface area contributed by atoms with Crippen LogP contribution < -0.4 is 5.32 Å². The lowest BCUT2D eigenvalue weighted by atomic mass is 9.82. The molecular weight excluding hydrogens is 350 g/mol. The van der Waals surface area contributed by atoms with Crippen molar-refractivity contribution in [3.63, 3.8) is 0 Å². The minimum atomic E-state index is -0.986. The summed E-state index contributed by atoms with van der Waals surface area (Å²) in [5.74, 6) is -1.54. The quantitative estimate of drug-likeness (QED) is 0.557. The number of nitrogens with one attached hydrogen (secondary N) is 1. The molecule has 0 heterocycles. The van der Waals surface area contributed by atoms with Crippen LogP contribution in [-0.4, -0.2) is 36.0 Å². The summed E-state index contributed by atoms with van der Waals surface area (Å²) in [7, 11) is 0. The molecule has 0 bridgehead atoms. The van der Waals surface area contributed by atoms with E-state index < -0.39 is 24.3 Å². The number of benzene rings is 1. The first kappa shape index (κ1) is 20.7. The van der Waals surface area contributed by atoms with E-state index in [2.05, 4.69) is 5.32 Å². The molecule has 2 N–H and O–H groups in total. The monoisotopic (exact) mass is 377 g/mol. The minimum absolute atomic E-state index is 0.200. The lowest BCUT2D eigenvalue weighted by molar-refractivity contribution is -0.143. The van der Waals surface area contributed by atoms with E-state index in [0.717, 1.165) is 12.8 Å². The van der Waals surface area contributed by atoms with Crippen LogP contribution in [-0.2, 0) is 14.3 Å². The maximum atomic E-state index is 12.2. The molecule has 0 saturated heterocycles. The lowest BCUT2D eigenvalue weighted by Gasteiger charge is -2.26. The van der Waals surface area contributed by atoms with Crippen molar-refractivity contribution in [2.45, 2.75) is 45.8 Å². The molecule has 1 saturated carbocycles.